The molecule has 3 fully saturated rings. The highest BCUT2D eigenvalue weighted by molar-refractivity contribution is 5.99. The average molecular weight is 492 g/mol. The monoisotopic (exact) mass is 491 g/mol. The summed E-state index contributed by atoms with van der Waals surface area (Å²) in [7, 11) is 2.15. The first-order valence-electron chi connectivity index (χ1n) is 13.2. The number of anilines is 3. The minimum Gasteiger partial charge on any atom is -0.490 e. The van der Waals surface area contributed by atoms with E-state index in [-0.39, 0.29) is 18.0 Å². The number of ether oxygens (including phenoxy) is 1. The molecule has 8 nitrogen and oxygen atoms in total. The Morgan fingerprint density at radius 3 is 2.31 bits per heavy atom. The van der Waals surface area contributed by atoms with Crippen LogP contribution in [0.5, 0.6) is 5.75 Å². The topological polar surface area (TPSA) is 85.9 Å². The van der Waals surface area contributed by atoms with Gasteiger partial charge in [0, 0.05) is 55.2 Å². The van der Waals surface area contributed by atoms with E-state index in [2.05, 4.69) is 44.9 Å². The van der Waals surface area contributed by atoms with Crippen molar-refractivity contribution in [2.24, 2.45) is 0 Å². The van der Waals surface area contributed by atoms with Gasteiger partial charge in [-0.25, -0.2) is 4.79 Å². The maximum absolute atomic E-state index is 12.5. The molecule has 5 rings (SSSR count). The van der Waals surface area contributed by atoms with Crippen LogP contribution in [0.2, 0.25) is 0 Å². The molecule has 0 aromatic heterocycles. The average Bonchev–Trinajstić information content (AvgIpc) is 3.64. The molecule has 192 valence electrons. The molecule has 2 aliphatic heterocycles. The smallest absolute Gasteiger partial charge is 0.323 e. The van der Waals surface area contributed by atoms with Gasteiger partial charge in [0.1, 0.15) is 5.75 Å². The van der Waals surface area contributed by atoms with Gasteiger partial charge in [-0.3, -0.25) is 9.69 Å². The van der Waals surface area contributed by atoms with Crippen molar-refractivity contribution in [1.82, 2.24) is 10.2 Å². The molecule has 2 aromatic rings. The molecule has 1 unspecified atom stereocenters. The Balaban J connectivity index is 1.07. The number of nitrogens with one attached hydrogen (secondary N) is 3. The Bertz CT molecular complexity index is 1040. The molecule has 0 radical (unpaired) electrons. The van der Waals surface area contributed by atoms with Gasteiger partial charge in [-0.1, -0.05) is 0 Å². The number of carbonyl (C=O) groups is 2. The Morgan fingerprint density at radius 1 is 1.00 bits per heavy atom. The van der Waals surface area contributed by atoms with Crippen LogP contribution in [0.15, 0.2) is 48.5 Å². The van der Waals surface area contributed by atoms with E-state index in [1.165, 1.54) is 12.8 Å². The summed E-state index contributed by atoms with van der Waals surface area (Å²) < 4.78 is 5.99. The minimum atomic E-state index is -0.269. The molecule has 3 amide bonds. The summed E-state index contributed by atoms with van der Waals surface area (Å²) in [6, 6.07) is 16.0. The Kier molecular flexibility index (Phi) is 7.60. The molecule has 3 aliphatic rings. The summed E-state index contributed by atoms with van der Waals surface area (Å²) in [5.41, 5.74) is 2.64. The lowest BCUT2D eigenvalue weighted by Crippen LogP contribution is -2.42. The fraction of sp³-hybridized carbons (Fsp3) is 0.500. The molecule has 1 saturated carbocycles. The van der Waals surface area contributed by atoms with Crippen molar-refractivity contribution in [3.63, 3.8) is 0 Å². The number of hydrogen-bond donors (Lipinski definition) is 3. The standard InChI is InChI=1S/C28H37N5O3/c1-32(18-22-10-15-27(34)29-22)24-16-17-33(19-24)23-11-6-20(7-12-23)30-28(35)31-21-8-13-26(14-9-21)36-25-4-2-3-5-25/h6-9,11-14,22,24-25H,2-5,10,15-19H2,1H3,(H,29,34)(H2,30,31,35)/t22-,24?/m1/s1. The molecule has 2 atom stereocenters. The molecule has 0 spiro atoms. The highest BCUT2D eigenvalue weighted by Gasteiger charge is 2.29. The summed E-state index contributed by atoms with van der Waals surface area (Å²) >= 11 is 0. The number of rotatable bonds is 8. The van der Waals surface area contributed by atoms with E-state index in [4.69, 9.17) is 4.74 Å². The zero-order chi connectivity index (χ0) is 24.9. The number of nitrogens with zero attached hydrogens (tertiary/aromatic N) is 2. The minimum absolute atomic E-state index is 0.172. The first kappa shape index (κ1) is 24.4. The van der Waals surface area contributed by atoms with E-state index < -0.39 is 0 Å². The fourth-order valence-electron chi connectivity index (χ4n) is 5.51. The summed E-state index contributed by atoms with van der Waals surface area (Å²) in [5.74, 6) is 1.02. The summed E-state index contributed by atoms with van der Waals surface area (Å²) in [4.78, 5) is 28.7. The lowest BCUT2D eigenvalue weighted by Gasteiger charge is -2.27. The Labute approximate surface area is 213 Å². The van der Waals surface area contributed by atoms with Crippen LogP contribution >= 0.6 is 0 Å². The van der Waals surface area contributed by atoms with Crippen LogP contribution in [0, 0.1) is 0 Å². The fourth-order valence-corrected chi connectivity index (χ4v) is 5.51. The van der Waals surface area contributed by atoms with Crippen LogP contribution in [0.1, 0.15) is 44.9 Å². The quantitative estimate of drug-likeness (QED) is 0.508. The molecule has 36 heavy (non-hydrogen) atoms. The van der Waals surface area contributed by atoms with Crippen LogP contribution in [-0.4, -0.2) is 61.7 Å². The molecule has 2 heterocycles. The summed E-state index contributed by atoms with van der Waals surface area (Å²) in [5, 5.41) is 8.86. The van der Waals surface area contributed by atoms with Crippen LogP contribution in [0.3, 0.4) is 0 Å². The van der Waals surface area contributed by atoms with Crippen molar-refractivity contribution in [2.75, 3.05) is 42.2 Å². The maximum Gasteiger partial charge on any atom is 0.323 e. The van der Waals surface area contributed by atoms with Gasteiger partial charge < -0.3 is 25.6 Å². The van der Waals surface area contributed by atoms with E-state index in [1.54, 1.807) is 0 Å². The third kappa shape index (κ3) is 6.29. The van der Waals surface area contributed by atoms with E-state index in [1.807, 2.05) is 36.4 Å². The number of benzene rings is 2. The SMILES string of the molecule is CN(C[C@H]1CCC(=O)N1)C1CCN(c2ccc(NC(=O)Nc3ccc(OC4CCCC4)cc3)cc2)C1. The van der Waals surface area contributed by atoms with Gasteiger partial charge >= 0.3 is 6.03 Å². The molecule has 2 saturated heterocycles. The van der Waals surface area contributed by atoms with Crippen molar-refractivity contribution in [3.8, 4) is 5.75 Å². The normalized spacial score (nSPS) is 22.2. The van der Waals surface area contributed by atoms with E-state index >= 15 is 0 Å². The predicted molar refractivity (Wildman–Crippen MR) is 143 cm³/mol. The lowest BCUT2D eigenvalue weighted by molar-refractivity contribution is -0.119. The molecular weight excluding hydrogens is 454 g/mol. The largest absolute Gasteiger partial charge is 0.490 e. The Hall–Kier alpha value is -3.26. The third-order valence-corrected chi connectivity index (χ3v) is 7.59. The van der Waals surface area contributed by atoms with Crippen LogP contribution in [0.25, 0.3) is 0 Å². The second-order valence-electron chi connectivity index (χ2n) is 10.3. The van der Waals surface area contributed by atoms with Crippen molar-refractivity contribution in [2.45, 2.75) is 63.1 Å². The van der Waals surface area contributed by atoms with Gasteiger partial charge in [-0.15, -0.1) is 0 Å². The molecular formula is C28H37N5O3. The molecule has 2 aromatic carbocycles. The number of urea groups is 1. The highest BCUT2D eigenvalue weighted by atomic mass is 16.5. The predicted octanol–water partition coefficient (Wildman–Crippen LogP) is 4.44. The second kappa shape index (κ2) is 11.2. The number of carbonyl (C=O) groups excluding carboxylic acids is 2. The van der Waals surface area contributed by atoms with Crippen LogP contribution in [0.4, 0.5) is 21.9 Å². The van der Waals surface area contributed by atoms with Crippen molar-refractivity contribution in [1.29, 1.82) is 0 Å². The molecule has 1 aliphatic carbocycles. The van der Waals surface area contributed by atoms with Crippen molar-refractivity contribution in [3.05, 3.63) is 48.5 Å². The zero-order valence-electron chi connectivity index (χ0n) is 21.0. The lowest BCUT2D eigenvalue weighted by atomic mass is 10.1. The number of hydrogen-bond acceptors (Lipinski definition) is 5. The van der Waals surface area contributed by atoms with Crippen molar-refractivity contribution < 1.29 is 14.3 Å². The van der Waals surface area contributed by atoms with E-state index in [0.717, 1.165) is 68.1 Å². The number of amides is 3. The van der Waals surface area contributed by atoms with Gasteiger partial charge in [-0.2, -0.15) is 0 Å². The van der Waals surface area contributed by atoms with Gasteiger partial charge in [0.05, 0.1) is 6.10 Å². The number of likely N-dealkylation sites (N-methyl/N-ethyl adjacent to an activating group) is 1. The summed E-state index contributed by atoms with van der Waals surface area (Å²) in [6.45, 7) is 2.86. The summed E-state index contributed by atoms with van der Waals surface area (Å²) in [6.07, 6.45) is 7.73. The van der Waals surface area contributed by atoms with Crippen LogP contribution in [-0.2, 0) is 4.79 Å². The van der Waals surface area contributed by atoms with Gasteiger partial charge in [0.2, 0.25) is 5.91 Å². The zero-order valence-corrected chi connectivity index (χ0v) is 21.0. The maximum atomic E-state index is 12.5. The van der Waals surface area contributed by atoms with Crippen molar-refractivity contribution >= 4 is 29.0 Å². The van der Waals surface area contributed by atoms with Gasteiger partial charge in [0.25, 0.3) is 0 Å². The van der Waals surface area contributed by atoms with Gasteiger partial charge in [0.15, 0.2) is 0 Å². The van der Waals surface area contributed by atoms with Crippen LogP contribution < -0.4 is 25.6 Å². The molecule has 0 bridgehead atoms. The Morgan fingerprint density at radius 2 is 1.67 bits per heavy atom. The first-order chi connectivity index (χ1) is 17.5. The molecule has 3 N–H and O–H groups in total. The second-order valence-corrected chi connectivity index (χ2v) is 10.3. The first-order valence-corrected chi connectivity index (χ1v) is 13.2. The van der Waals surface area contributed by atoms with E-state index in [0.29, 0.717) is 18.6 Å². The van der Waals surface area contributed by atoms with Gasteiger partial charge in [-0.05, 0) is 94.1 Å². The third-order valence-electron chi connectivity index (χ3n) is 7.59. The van der Waals surface area contributed by atoms with E-state index in [9.17, 15) is 9.59 Å². The molecule has 8 heteroatoms. The highest BCUT2D eigenvalue weighted by Crippen LogP contribution is 2.26.